The second-order valence-electron chi connectivity index (χ2n) is 4.62. The zero-order chi connectivity index (χ0) is 14.8. The van der Waals surface area contributed by atoms with E-state index in [1.165, 1.54) is 0 Å². The topological polar surface area (TPSA) is 30.5 Å². The van der Waals surface area contributed by atoms with E-state index in [0.717, 1.165) is 24.9 Å². The molecule has 0 spiro atoms. The highest BCUT2D eigenvalue weighted by Crippen LogP contribution is 2.25. The minimum Gasteiger partial charge on any atom is -0.382 e. The summed E-state index contributed by atoms with van der Waals surface area (Å²) in [5.41, 5.74) is 0.972. The van der Waals surface area contributed by atoms with Crippen molar-refractivity contribution in [3.8, 4) is 0 Å². The molecule has 0 amide bonds. The van der Waals surface area contributed by atoms with Crippen LogP contribution < -0.4 is 5.32 Å². The minimum atomic E-state index is 0.198. The smallest absolute Gasteiger partial charge is 0.0701 e. The van der Waals surface area contributed by atoms with E-state index >= 15 is 0 Å². The fourth-order valence-electron chi connectivity index (χ4n) is 1.88. The Hall–Kier alpha value is -0.320. The Morgan fingerprint density at radius 2 is 1.90 bits per heavy atom. The van der Waals surface area contributed by atoms with Gasteiger partial charge in [-0.3, -0.25) is 0 Å². The largest absolute Gasteiger partial charge is 0.382 e. The fourth-order valence-corrected chi connectivity index (χ4v) is 2.43. The number of hydrogen-bond donors (Lipinski definition) is 1. The van der Waals surface area contributed by atoms with E-state index in [4.69, 9.17) is 32.7 Å². The highest BCUT2D eigenvalue weighted by molar-refractivity contribution is 6.35. The van der Waals surface area contributed by atoms with Crippen molar-refractivity contribution in [3.63, 3.8) is 0 Å². The van der Waals surface area contributed by atoms with E-state index in [0.29, 0.717) is 29.9 Å². The molecule has 0 aliphatic rings. The fraction of sp³-hybridized carbons (Fsp3) is 0.600. The summed E-state index contributed by atoms with van der Waals surface area (Å²) in [7, 11) is 1.67. The number of rotatable bonds is 10. The summed E-state index contributed by atoms with van der Waals surface area (Å²) in [6.45, 7) is 4.90. The Morgan fingerprint density at radius 3 is 2.50 bits per heavy atom. The minimum absolute atomic E-state index is 0.198. The highest BCUT2D eigenvalue weighted by Gasteiger charge is 2.14. The highest BCUT2D eigenvalue weighted by atomic mass is 35.5. The lowest BCUT2D eigenvalue weighted by Crippen LogP contribution is -2.36. The van der Waals surface area contributed by atoms with Gasteiger partial charge in [0.25, 0.3) is 0 Å². The van der Waals surface area contributed by atoms with Crippen molar-refractivity contribution < 1.29 is 9.47 Å². The summed E-state index contributed by atoms with van der Waals surface area (Å²) >= 11 is 12.4. The molecular weight excluding hydrogens is 297 g/mol. The predicted octanol–water partition coefficient (Wildman–Crippen LogP) is 3.57. The van der Waals surface area contributed by atoms with Crippen molar-refractivity contribution >= 4 is 23.2 Å². The van der Waals surface area contributed by atoms with E-state index in [9.17, 15) is 0 Å². The predicted molar refractivity (Wildman–Crippen MR) is 84.9 cm³/mol. The molecule has 3 nitrogen and oxygen atoms in total. The number of nitrogens with one attached hydrogen (secondary N) is 1. The number of methoxy groups -OCH3 is 1. The van der Waals surface area contributed by atoms with Gasteiger partial charge in [0, 0.05) is 23.2 Å². The maximum absolute atomic E-state index is 6.22. The molecule has 1 rings (SSSR count). The zero-order valence-corrected chi connectivity index (χ0v) is 13.6. The van der Waals surface area contributed by atoms with Crippen LogP contribution >= 0.6 is 23.2 Å². The van der Waals surface area contributed by atoms with Crippen LogP contribution in [0.5, 0.6) is 0 Å². The lowest BCUT2D eigenvalue weighted by Gasteiger charge is -2.20. The standard InChI is InChI=1S/C15H23Cl2NO2/c1-3-7-18-12(11-20-9-8-19-2)10-13-14(16)5-4-6-15(13)17/h4-6,12,18H,3,7-11H2,1-2H3. The molecular formula is C15H23Cl2NO2. The summed E-state index contributed by atoms with van der Waals surface area (Å²) in [4.78, 5) is 0. The molecule has 5 heteroatoms. The van der Waals surface area contributed by atoms with Crippen LogP contribution in [-0.2, 0) is 15.9 Å². The molecule has 0 radical (unpaired) electrons. The van der Waals surface area contributed by atoms with Gasteiger partial charge in [-0.05, 0) is 37.1 Å². The molecule has 1 N–H and O–H groups in total. The van der Waals surface area contributed by atoms with E-state index < -0.39 is 0 Å². The second-order valence-corrected chi connectivity index (χ2v) is 5.44. The molecule has 0 aliphatic carbocycles. The summed E-state index contributed by atoms with van der Waals surface area (Å²) in [5, 5.41) is 4.88. The van der Waals surface area contributed by atoms with Crippen LogP contribution in [0, 0.1) is 0 Å². The van der Waals surface area contributed by atoms with Crippen molar-refractivity contribution in [2.45, 2.75) is 25.8 Å². The monoisotopic (exact) mass is 319 g/mol. The number of ether oxygens (including phenoxy) is 2. The molecule has 0 saturated heterocycles. The first kappa shape index (κ1) is 17.7. The Morgan fingerprint density at radius 1 is 1.20 bits per heavy atom. The maximum atomic E-state index is 6.22. The zero-order valence-electron chi connectivity index (χ0n) is 12.1. The Labute approximate surface area is 131 Å². The number of halogens is 2. The molecule has 114 valence electrons. The average molecular weight is 320 g/mol. The van der Waals surface area contributed by atoms with Crippen molar-refractivity contribution in [1.29, 1.82) is 0 Å². The van der Waals surface area contributed by atoms with Crippen LogP contribution in [0.2, 0.25) is 10.0 Å². The van der Waals surface area contributed by atoms with Gasteiger partial charge in [-0.25, -0.2) is 0 Å². The number of hydrogen-bond acceptors (Lipinski definition) is 3. The third-order valence-electron chi connectivity index (χ3n) is 2.95. The van der Waals surface area contributed by atoms with E-state index in [1.54, 1.807) is 7.11 Å². The van der Waals surface area contributed by atoms with Gasteiger partial charge < -0.3 is 14.8 Å². The van der Waals surface area contributed by atoms with Gasteiger partial charge in [0.15, 0.2) is 0 Å². The summed E-state index contributed by atoms with van der Waals surface area (Å²) < 4.78 is 10.6. The van der Waals surface area contributed by atoms with Crippen LogP contribution in [0.1, 0.15) is 18.9 Å². The van der Waals surface area contributed by atoms with Crippen LogP contribution in [0.3, 0.4) is 0 Å². The lowest BCUT2D eigenvalue weighted by molar-refractivity contribution is 0.0587. The Bertz CT molecular complexity index is 368. The second kappa shape index (κ2) is 10.4. The van der Waals surface area contributed by atoms with Crippen LogP contribution in [0.25, 0.3) is 0 Å². The first-order chi connectivity index (χ1) is 9.69. The first-order valence-corrected chi connectivity index (χ1v) is 7.67. The summed E-state index contributed by atoms with van der Waals surface area (Å²) in [6, 6.07) is 5.79. The summed E-state index contributed by atoms with van der Waals surface area (Å²) in [6.07, 6.45) is 1.83. The molecule has 0 aliphatic heterocycles. The molecule has 0 bridgehead atoms. The van der Waals surface area contributed by atoms with E-state index in [1.807, 2.05) is 18.2 Å². The normalized spacial score (nSPS) is 12.6. The molecule has 1 aromatic carbocycles. The molecule has 1 unspecified atom stereocenters. The van der Waals surface area contributed by atoms with E-state index in [-0.39, 0.29) is 6.04 Å². The quantitative estimate of drug-likeness (QED) is 0.669. The van der Waals surface area contributed by atoms with Crippen LogP contribution in [0.15, 0.2) is 18.2 Å². The van der Waals surface area contributed by atoms with Gasteiger partial charge in [0.1, 0.15) is 0 Å². The number of benzene rings is 1. The molecule has 1 atom stereocenters. The maximum Gasteiger partial charge on any atom is 0.0701 e. The van der Waals surface area contributed by atoms with E-state index in [2.05, 4.69) is 12.2 Å². The first-order valence-electron chi connectivity index (χ1n) is 6.92. The van der Waals surface area contributed by atoms with Crippen molar-refractivity contribution in [3.05, 3.63) is 33.8 Å². The van der Waals surface area contributed by atoms with Crippen LogP contribution in [0.4, 0.5) is 0 Å². The van der Waals surface area contributed by atoms with Gasteiger partial charge >= 0.3 is 0 Å². The van der Waals surface area contributed by atoms with Gasteiger partial charge in [-0.1, -0.05) is 36.2 Å². The van der Waals surface area contributed by atoms with Gasteiger partial charge in [-0.15, -0.1) is 0 Å². The average Bonchev–Trinajstić information content (AvgIpc) is 2.44. The molecule has 1 aromatic rings. The molecule has 0 heterocycles. The van der Waals surface area contributed by atoms with Crippen molar-refractivity contribution in [2.24, 2.45) is 0 Å². The van der Waals surface area contributed by atoms with Gasteiger partial charge in [0.2, 0.25) is 0 Å². The third kappa shape index (κ3) is 6.42. The van der Waals surface area contributed by atoms with Crippen molar-refractivity contribution in [2.75, 3.05) is 33.5 Å². The molecule has 0 fully saturated rings. The third-order valence-corrected chi connectivity index (χ3v) is 3.65. The molecule has 0 saturated carbocycles. The van der Waals surface area contributed by atoms with Crippen LogP contribution in [-0.4, -0.2) is 39.5 Å². The SMILES string of the molecule is CCCNC(COCCOC)Cc1c(Cl)cccc1Cl. The Balaban J connectivity index is 2.58. The van der Waals surface area contributed by atoms with Gasteiger partial charge in [0.05, 0.1) is 19.8 Å². The van der Waals surface area contributed by atoms with Crippen molar-refractivity contribution in [1.82, 2.24) is 5.32 Å². The molecule has 20 heavy (non-hydrogen) atoms. The molecule has 0 aromatic heterocycles. The summed E-state index contributed by atoms with van der Waals surface area (Å²) in [5.74, 6) is 0. The Kier molecular flexibility index (Phi) is 9.23. The lowest BCUT2D eigenvalue weighted by atomic mass is 10.1. The van der Waals surface area contributed by atoms with Gasteiger partial charge in [-0.2, -0.15) is 0 Å².